The van der Waals surface area contributed by atoms with Gasteiger partial charge in [0.05, 0.1) is 4.92 Å². The monoisotopic (exact) mass is 416 g/mol. The van der Waals surface area contributed by atoms with E-state index in [1.807, 2.05) is 30.3 Å². The van der Waals surface area contributed by atoms with E-state index in [0.29, 0.717) is 23.3 Å². The molecule has 0 aliphatic carbocycles. The third kappa shape index (κ3) is 4.52. The highest BCUT2D eigenvalue weighted by atomic mass is 35.5. The van der Waals surface area contributed by atoms with Crippen molar-refractivity contribution in [3.05, 3.63) is 64.2 Å². The first-order chi connectivity index (χ1) is 13.5. The molecule has 2 aliphatic heterocycles. The molecule has 2 aromatic carbocycles. The molecular formula is C21H25ClN4O3. The number of nitro benzene ring substituents is 1. The molecule has 2 bridgehead atoms. The van der Waals surface area contributed by atoms with Gasteiger partial charge < -0.3 is 15.5 Å². The zero-order chi connectivity index (χ0) is 19.7. The molecule has 0 saturated carbocycles. The van der Waals surface area contributed by atoms with Crippen molar-refractivity contribution in [2.75, 3.05) is 12.4 Å². The Morgan fingerprint density at radius 2 is 1.79 bits per heavy atom. The van der Waals surface area contributed by atoms with Crippen molar-refractivity contribution in [2.24, 2.45) is 0 Å². The lowest BCUT2D eigenvalue weighted by Gasteiger charge is -2.35. The fourth-order valence-corrected chi connectivity index (χ4v) is 4.31. The maximum atomic E-state index is 13.0. The predicted octanol–water partition coefficient (Wildman–Crippen LogP) is 4.12. The molecule has 2 heterocycles. The van der Waals surface area contributed by atoms with Gasteiger partial charge in [-0.05, 0) is 49.9 Å². The number of para-hydroxylation sites is 1. The van der Waals surface area contributed by atoms with E-state index >= 15 is 0 Å². The van der Waals surface area contributed by atoms with E-state index in [-0.39, 0.29) is 30.0 Å². The van der Waals surface area contributed by atoms with Crippen LogP contribution in [0.2, 0.25) is 0 Å². The molecule has 0 radical (unpaired) electrons. The number of fused-ring (bicyclic) bond motifs is 2. The van der Waals surface area contributed by atoms with Crippen LogP contribution in [0.25, 0.3) is 0 Å². The van der Waals surface area contributed by atoms with Crippen molar-refractivity contribution in [3.63, 3.8) is 0 Å². The summed E-state index contributed by atoms with van der Waals surface area (Å²) in [5, 5.41) is 18.2. The smallest absolute Gasteiger partial charge is 0.293 e. The average Bonchev–Trinajstić information content (AvgIpc) is 3.05. The highest BCUT2D eigenvalue weighted by molar-refractivity contribution is 5.96. The minimum Gasteiger partial charge on any atom is -0.350 e. The Morgan fingerprint density at radius 1 is 1.14 bits per heavy atom. The van der Waals surface area contributed by atoms with E-state index in [9.17, 15) is 14.9 Å². The molecule has 2 atom stereocenters. The molecule has 0 aromatic heterocycles. The SMILES string of the molecule is CN(C(=O)c1ccc(Nc2ccccc2)c([N+](=O)[O-])c1)C1CC2CCC(C1)N2.Cl. The van der Waals surface area contributed by atoms with Gasteiger partial charge in [-0.3, -0.25) is 14.9 Å². The molecule has 29 heavy (non-hydrogen) atoms. The molecule has 154 valence electrons. The van der Waals surface area contributed by atoms with Gasteiger partial charge in [-0.2, -0.15) is 0 Å². The van der Waals surface area contributed by atoms with Crippen LogP contribution in [0.4, 0.5) is 17.1 Å². The Hall–Kier alpha value is -2.64. The lowest BCUT2D eigenvalue weighted by atomic mass is 9.98. The standard InChI is InChI=1S/C21H24N4O3.ClH/c1-24(18-12-16-8-9-17(13-18)22-16)21(26)14-7-10-19(20(11-14)25(27)28)23-15-5-3-2-4-6-15;/h2-7,10-11,16-18,22-23H,8-9,12-13H2,1H3;1H. The van der Waals surface area contributed by atoms with Crippen LogP contribution < -0.4 is 10.6 Å². The molecule has 1 amide bonds. The molecule has 2 aromatic rings. The van der Waals surface area contributed by atoms with Crippen LogP contribution in [0.15, 0.2) is 48.5 Å². The molecule has 2 fully saturated rings. The first-order valence-corrected chi connectivity index (χ1v) is 9.65. The maximum absolute atomic E-state index is 13.0. The number of rotatable bonds is 5. The average molecular weight is 417 g/mol. The van der Waals surface area contributed by atoms with E-state index < -0.39 is 4.92 Å². The van der Waals surface area contributed by atoms with E-state index in [4.69, 9.17) is 0 Å². The van der Waals surface area contributed by atoms with Gasteiger partial charge in [0.25, 0.3) is 11.6 Å². The summed E-state index contributed by atoms with van der Waals surface area (Å²) in [7, 11) is 1.81. The number of benzene rings is 2. The summed E-state index contributed by atoms with van der Waals surface area (Å²) in [6.07, 6.45) is 4.20. The summed E-state index contributed by atoms with van der Waals surface area (Å²) < 4.78 is 0. The quantitative estimate of drug-likeness (QED) is 0.565. The topological polar surface area (TPSA) is 87.5 Å². The minimum absolute atomic E-state index is 0. The molecule has 2 N–H and O–H groups in total. The third-order valence-corrected chi connectivity index (χ3v) is 5.81. The first-order valence-electron chi connectivity index (χ1n) is 9.65. The number of nitro groups is 1. The van der Waals surface area contributed by atoms with Gasteiger partial charge >= 0.3 is 0 Å². The number of halogens is 1. The molecule has 4 rings (SSSR count). The Morgan fingerprint density at radius 3 is 2.41 bits per heavy atom. The van der Waals surface area contributed by atoms with Crippen molar-refractivity contribution in [3.8, 4) is 0 Å². The zero-order valence-electron chi connectivity index (χ0n) is 16.2. The lowest BCUT2D eigenvalue weighted by molar-refractivity contribution is -0.383. The van der Waals surface area contributed by atoms with Gasteiger partial charge in [0, 0.05) is 42.5 Å². The molecule has 0 spiro atoms. The van der Waals surface area contributed by atoms with Crippen LogP contribution in [0.1, 0.15) is 36.0 Å². The summed E-state index contributed by atoms with van der Waals surface area (Å²) in [5.74, 6) is -0.166. The summed E-state index contributed by atoms with van der Waals surface area (Å²) in [6, 6.07) is 15.0. The number of nitrogens with zero attached hydrogens (tertiary/aromatic N) is 2. The number of nitrogens with one attached hydrogen (secondary N) is 2. The second-order valence-electron chi connectivity index (χ2n) is 7.66. The maximum Gasteiger partial charge on any atom is 0.293 e. The van der Waals surface area contributed by atoms with Crippen molar-refractivity contribution in [1.82, 2.24) is 10.2 Å². The van der Waals surface area contributed by atoms with E-state index in [1.165, 1.54) is 6.07 Å². The van der Waals surface area contributed by atoms with Crippen molar-refractivity contribution in [1.29, 1.82) is 0 Å². The molecule has 8 heteroatoms. The van der Waals surface area contributed by atoms with Crippen LogP contribution >= 0.6 is 12.4 Å². The number of carbonyl (C=O) groups is 1. The Kier molecular flexibility index (Phi) is 6.39. The third-order valence-electron chi connectivity index (χ3n) is 5.81. The molecule has 2 saturated heterocycles. The van der Waals surface area contributed by atoms with Crippen molar-refractivity contribution < 1.29 is 9.72 Å². The summed E-state index contributed by atoms with van der Waals surface area (Å²) >= 11 is 0. The highest BCUT2D eigenvalue weighted by Crippen LogP contribution is 2.32. The minimum atomic E-state index is -0.452. The van der Waals surface area contributed by atoms with Gasteiger partial charge in [-0.15, -0.1) is 12.4 Å². The van der Waals surface area contributed by atoms with Crippen LogP contribution in [-0.2, 0) is 0 Å². The number of hydrogen-bond acceptors (Lipinski definition) is 5. The predicted molar refractivity (Wildman–Crippen MR) is 115 cm³/mol. The second-order valence-corrected chi connectivity index (χ2v) is 7.66. The first kappa shape index (κ1) is 21.1. The number of piperidine rings is 1. The number of carbonyl (C=O) groups excluding carboxylic acids is 1. The van der Waals surface area contributed by atoms with Gasteiger partial charge in [-0.1, -0.05) is 18.2 Å². The van der Waals surface area contributed by atoms with Crippen LogP contribution in [0.3, 0.4) is 0 Å². The summed E-state index contributed by atoms with van der Waals surface area (Å²) in [4.78, 5) is 25.9. The van der Waals surface area contributed by atoms with Crippen molar-refractivity contribution >= 4 is 35.4 Å². The summed E-state index contributed by atoms with van der Waals surface area (Å²) in [6.45, 7) is 0. The van der Waals surface area contributed by atoms with E-state index in [1.54, 1.807) is 24.1 Å². The Balaban J connectivity index is 0.00000240. The van der Waals surface area contributed by atoms with Crippen LogP contribution in [0.5, 0.6) is 0 Å². The number of amides is 1. The molecule has 2 aliphatic rings. The largest absolute Gasteiger partial charge is 0.350 e. The normalized spacial score (nSPS) is 22.4. The van der Waals surface area contributed by atoms with Gasteiger partial charge in [0.2, 0.25) is 0 Å². The van der Waals surface area contributed by atoms with E-state index in [2.05, 4.69) is 10.6 Å². The number of hydrogen-bond donors (Lipinski definition) is 2. The Labute approximate surface area is 176 Å². The second kappa shape index (κ2) is 8.80. The molecule has 7 nitrogen and oxygen atoms in total. The zero-order valence-corrected chi connectivity index (χ0v) is 17.0. The van der Waals surface area contributed by atoms with E-state index in [0.717, 1.165) is 31.4 Å². The molecule has 2 unspecified atom stereocenters. The van der Waals surface area contributed by atoms with Gasteiger partial charge in [0.1, 0.15) is 5.69 Å². The fraction of sp³-hybridized carbons (Fsp3) is 0.381. The summed E-state index contributed by atoms with van der Waals surface area (Å²) in [5.41, 5.74) is 1.37. The van der Waals surface area contributed by atoms with Gasteiger partial charge in [-0.25, -0.2) is 0 Å². The highest BCUT2D eigenvalue weighted by Gasteiger charge is 2.36. The lowest BCUT2D eigenvalue weighted by Crippen LogP contribution is -2.48. The van der Waals surface area contributed by atoms with Crippen molar-refractivity contribution in [2.45, 2.75) is 43.8 Å². The fourth-order valence-electron chi connectivity index (χ4n) is 4.31. The van der Waals surface area contributed by atoms with Gasteiger partial charge in [0.15, 0.2) is 0 Å². The van der Waals surface area contributed by atoms with Crippen LogP contribution in [0, 0.1) is 10.1 Å². The Bertz CT molecular complexity index is 881. The molecular weight excluding hydrogens is 392 g/mol. The number of anilines is 2. The van der Waals surface area contributed by atoms with Crippen LogP contribution in [-0.4, -0.2) is 40.9 Å².